The number of carbonyl (C=O) groups excluding carboxylic acids is 3. The van der Waals surface area contributed by atoms with Crippen LogP contribution in [-0.4, -0.2) is 82.8 Å². The van der Waals surface area contributed by atoms with Crippen molar-refractivity contribution in [2.24, 2.45) is 0 Å². The summed E-state index contributed by atoms with van der Waals surface area (Å²) in [5, 5.41) is 11.5. The molecule has 9 heteroatoms. The lowest BCUT2D eigenvalue weighted by Gasteiger charge is -2.28. The maximum absolute atomic E-state index is 12.2. The van der Waals surface area contributed by atoms with Crippen molar-refractivity contribution in [3.8, 4) is 12.3 Å². The number of thioether (sulfide) groups is 1. The molecule has 0 aromatic heterocycles. The highest BCUT2D eigenvalue weighted by Crippen LogP contribution is 2.06. The SMILES string of the molecule is C#CCCCC(=O)NCCN(CCN(CCSCCC(=O)O)C(=O)CC)C(=O)CC. The highest BCUT2D eigenvalue weighted by atomic mass is 32.2. The molecule has 0 heterocycles. The van der Waals surface area contributed by atoms with Crippen LogP contribution in [0.1, 0.15) is 52.4 Å². The van der Waals surface area contributed by atoms with Gasteiger partial charge in [-0.05, 0) is 6.42 Å². The fourth-order valence-electron chi connectivity index (χ4n) is 2.62. The topological polar surface area (TPSA) is 107 Å². The number of terminal acetylenes is 1. The van der Waals surface area contributed by atoms with E-state index in [9.17, 15) is 19.2 Å². The van der Waals surface area contributed by atoms with Gasteiger partial charge in [-0.3, -0.25) is 19.2 Å². The molecule has 0 unspecified atom stereocenters. The van der Waals surface area contributed by atoms with Crippen LogP contribution in [0.5, 0.6) is 0 Å². The number of carboxylic acid groups (broad SMARTS) is 1. The number of unbranched alkanes of at least 4 members (excludes halogenated alkanes) is 1. The van der Waals surface area contributed by atoms with Crippen LogP contribution in [0.2, 0.25) is 0 Å². The fraction of sp³-hybridized carbons (Fsp3) is 0.714. The van der Waals surface area contributed by atoms with Gasteiger partial charge in [0, 0.05) is 69.9 Å². The van der Waals surface area contributed by atoms with E-state index in [0.717, 1.165) is 0 Å². The van der Waals surface area contributed by atoms with Crippen LogP contribution in [-0.2, 0) is 19.2 Å². The van der Waals surface area contributed by atoms with Crippen molar-refractivity contribution in [2.45, 2.75) is 52.4 Å². The molecular formula is C21H35N3O5S. The Morgan fingerprint density at radius 3 is 2.07 bits per heavy atom. The quantitative estimate of drug-likeness (QED) is 0.262. The molecule has 0 aromatic carbocycles. The van der Waals surface area contributed by atoms with Crippen LogP contribution >= 0.6 is 11.8 Å². The molecule has 0 saturated carbocycles. The molecule has 2 N–H and O–H groups in total. The third-order valence-corrected chi connectivity index (χ3v) is 5.31. The molecule has 0 aliphatic carbocycles. The predicted molar refractivity (Wildman–Crippen MR) is 119 cm³/mol. The van der Waals surface area contributed by atoms with Gasteiger partial charge in [0.15, 0.2) is 0 Å². The summed E-state index contributed by atoms with van der Waals surface area (Å²) < 4.78 is 0. The highest BCUT2D eigenvalue weighted by molar-refractivity contribution is 7.99. The molecule has 0 aliphatic rings. The van der Waals surface area contributed by atoms with E-state index >= 15 is 0 Å². The summed E-state index contributed by atoms with van der Waals surface area (Å²) in [6.07, 6.45) is 7.55. The smallest absolute Gasteiger partial charge is 0.304 e. The average Bonchev–Trinajstić information content (AvgIpc) is 2.72. The summed E-state index contributed by atoms with van der Waals surface area (Å²) >= 11 is 1.49. The molecule has 0 atom stereocenters. The van der Waals surface area contributed by atoms with Crippen molar-refractivity contribution in [1.82, 2.24) is 15.1 Å². The summed E-state index contributed by atoms with van der Waals surface area (Å²) in [6.45, 7) is 5.62. The molecule has 0 fully saturated rings. The molecule has 0 radical (unpaired) electrons. The van der Waals surface area contributed by atoms with E-state index in [-0.39, 0.29) is 24.1 Å². The molecule has 0 aliphatic heterocycles. The van der Waals surface area contributed by atoms with Gasteiger partial charge >= 0.3 is 5.97 Å². The van der Waals surface area contributed by atoms with Gasteiger partial charge in [0.25, 0.3) is 0 Å². The Hall–Kier alpha value is -2.21. The molecule has 0 bridgehead atoms. The number of hydrogen-bond acceptors (Lipinski definition) is 5. The van der Waals surface area contributed by atoms with E-state index in [4.69, 9.17) is 11.5 Å². The van der Waals surface area contributed by atoms with Crippen molar-refractivity contribution in [1.29, 1.82) is 0 Å². The monoisotopic (exact) mass is 441 g/mol. The first-order valence-corrected chi connectivity index (χ1v) is 11.6. The molecule has 8 nitrogen and oxygen atoms in total. The summed E-state index contributed by atoms with van der Waals surface area (Å²) in [5.41, 5.74) is 0. The van der Waals surface area contributed by atoms with Gasteiger partial charge in [0.1, 0.15) is 0 Å². The van der Waals surface area contributed by atoms with E-state index in [0.29, 0.717) is 76.3 Å². The van der Waals surface area contributed by atoms with Gasteiger partial charge in [-0.15, -0.1) is 12.3 Å². The first kappa shape index (κ1) is 27.8. The van der Waals surface area contributed by atoms with E-state index in [1.807, 2.05) is 0 Å². The maximum Gasteiger partial charge on any atom is 0.304 e. The highest BCUT2D eigenvalue weighted by Gasteiger charge is 2.16. The Bertz CT molecular complexity index is 592. The van der Waals surface area contributed by atoms with Gasteiger partial charge in [-0.2, -0.15) is 11.8 Å². The number of carbonyl (C=O) groups is 4. The first-order valence-electron chi connectivity index (χ1n) is 10.4. The normalized spacial score (nSPS) is 10.2. The van der Waals surface area contributed by atoms with E-state index < -0.39 is 5.97 Å². The zero-order valence-corrected chi connectivity index (χ0v) is 19.0. The molecule has 0 rings (SSSR count). The zero-order chi connectivity index (χ0) is 22.8. The molecule has 0 spiro atoms. The number of aliphatic carboxylic acids is 1. The zero-order valence-electron chi connectivity index (χ0n) is 18.2. The summed E-state index contributed by atoms with van der Waals surface area (Å²) in [5.74, 6) is 2.70. The third kappa shape index (κ3) is 13.9. The number of carboxylic acids is 1. The van der Waals surface area contributed by atoms with Gasteiger partial charge in [-0.1, -0.05) is 13.8 Å². The van der Waals surface area contributed by atoms with Gasteiger partial charge < -0.3 is 20.2 Å². The van der Waals surface area contributed by atoms with Gasteiger partial charge in [-0.25, -0.2) is 0 Å². The van der Waals surface area contributed by atoms with E-state index in [2.05, 4.69) is 11.2 Å². The minimum atomic E-state index is -0.833. The fourth-order valence-corrected chi connectivity index (χ4v) is 3.49. The van der Waals surface area contributed by atoms with Crippen molar-refractivity contribution in [3.05, 3.63) is 0 Å². The van der Waals surface area contributed by atoms with Gasteiger partial charge in [0.2, 0.25) is 17.7 Å². The Balaban J connectivity index is 4.52. The summed E-state index contributed by atoms with van der Waals surface area (Å²) in [7, 11) is 0. The van der Waals surface area contributed by atoms with E-state index in [1.54, 1.807) is 23.6 Å². The summed E-state index contributed by atoms with van der Waals surface area (Å²) in [6, 6.07) is 0. The van der Waals surface area contributed by atoms with Crippen molar-refractivity contribution >= 4 is 35.5 Å². The first-order chi connectivity index (χ1) is 14.3. The van der Waals surface area contributed by atoms with Crippen molar-refractivity contribution < 1.29 is 24.3 Å². The number of nitrogens with zero attached hydrogens (tertiary/aromatic N) is 2. The molecule has 170 valence electrons. The predicted octanol–water partition coefficient (Wildman–Crippen LogP) is 1.59. The largest absolute Gasteiger partial charge is 0.481 e. The lowest BCUT2D eigenvalue weighted by molar-refractivity contribution is -0.136. The average molecular weight is 442 g/mol. The lowest BCUT2D eigenvalue weighted by atomic mass is 10.2. The molecule has 30 heavy (non-hydrogen) atoms. The number of hydrogen-bond donors (Lipinski definition) is 2. The van der Waals surface area contributed by atoms with Crippen molar-refractivity contribution in [2.75, 3.05) is 44.2 Å². The Kier molecular flexibility index (Phi) is 16.3. The number of amides is 3. The third-order valence-electron chi connectivity index (χ3n) is 4.34. The Morgan fingerprint density at radius 2 is 1.53 bits per heavy atom. The number of rotatable bonds is 17. The second-order valence-electron chi connectivity index (χ2n) is 6.63. The minimum Gasteiger partial charge on any atom is -0.481 e. The second-order valence-corrected chi connectivity index (χ2v) is 7.86. The Morgan fingerprint density at radius 1 is 0.933 bits per heavy atom. The van der Waals surface area contributed by atoms with Crippen LogP contribution in [0.25, 0.3) is 0 Å². The molecule has 0 aromatic rings. The molecular weight excluding hydrogens is 406 g/mol. The van der Waals surface area contributed by atoms with Crippen LogP contribution < -0.4 is 5.32 Å². The maximum atomic E-state index is 12.2. The lowest BCUT2D eigenvalue weighted by Crippen LogP contribution is -2.44. The standard InChI is InChI=1S/C21H35N3O5S/c1-4-7-8-9-18(25)22-11-12-23(19(26)5-2)13-14-24(20(27)6-3)15-17-30-16-10-21(28)29/h1H,5-17H2,2-3H3,(H,22,25)(H,28,29). The van der Waals surface area contributed by atoms with Crippen molar-refractivity contribution in [3.63, 3.8) is 0 Å². The molecule has 0 saturated heterocycles. The van der Waals surface area contributed by atoms with Crippen LogP contribution in [0.3, 0.4) is 0 Å². The van der Waals surface area contributed by atoms with E-state index in [1.165, 1.54) is 11.8 Å². The van der Waals surface area contributed by atoms with Gasteiger partial charge in [0.05, 0.1) is 6.42 Å². The number of nitrogens with one attached hydrogen (secondary N) is 1. The second kappa shape index (κ2) is 17.6. The molecule has 3 amide bonds. The van der Waals surface area contributed by atoms with Crippen LogP contribution in [0.4, 0.5) is 0 Å². The summed E-state index contributed by atoms with van der Waals surface area (Å²) in [4.78, 5) is 50.2. The Labute approximate surface area is 184 Å². The van der Waals surface area contributed by atoms with Crippen LogP contribution in [0.15, 0.2) is 0 Å². The minimum absolute atomic E-state index is 0.000419. The van der Waals surface area contributed by atoms with Crippen LogP contribution in [0, 0.1) is 12.3 Å².